The minimum atomic E-state index is -1.24. The number of aromatic amines is 1. The summed E-state index contributed by atoms with van der Waals surface area (Å²) >= 11 is 0. The number of imidazole rings is 1. The zero-order valence-corrected chi connectivity index (χ0v) is 14.8. The summed E-state index contributed by atoms with van der Waals surface area (Å²) in [6.07, 6.45) is 2.41. The fraction of sp³-hybridized carbons (Fsp3) is 0.467. The van der Waals surface area contributed by atoms with Crippen molar-refractivity contribution in [2.45, 2.75) is 31.3 Å². The molecule has 0 aliphatic heterocycles. The van der Waals surface area contributed by atoms with Gasteiger partial charge in [-0.05, 0) is 6.42 Å². The van der Waals surface area contributed by atoms with Crippen molar-refractivity contribution >= 4 is 29.7 Å². The molecule has 0 bridgehead atoms. The van der Waals surface area contributed by atoms with Crippen molar-refractivity contribution in [3.05, 3.63) is 18.2 Å². The first-order valence-electron chi connectivity index (χ1n) is 8.20. The van der Waals surface area contributed by atoms with Gasteiger partial charge in [-0.2, -0.15) is 0 Å². The number of carbonyl (C=O) groups excluding carboxylic acids is 3. The standard InChI is InChI=1S/C15H22N6O7/c16-9(1-2-12(23)24)14(27)21-10(3-8-4-17-7-20-8)15(28)19-5-11(22)18-6-13(25)26/h4,7,9-10H,1-3,5-6,16H2,(H,17,20)(H,18,22)(H,19,28)(H,21,27)(H,23,24)(H,25,26). The minimum absolute atomic E-state index is 0.0139. The van der Waals surface area contributed by atoms with Gasteiger partial charge in [-0.3, -0.25) is 24.0 Å². The molecule has 0 saturated carbocycles. The van der Waals surface area contributed by atoms with Crippen molar-refractivity contribution in [2.75, 3.05) is 13.1 Å². The average molecular weight is 398 g/mol. The van der Waals surface area contributed by atoms with Gasteiger partial charge in [0.1, 0.15) is 12.6 Å². The van der Waals surface area contributed by atoms with E-state index in [-0.39, 0.29) is 19.3 Å². The average Bonchev–Trinajstić information content (AvgIpc) is 3.14. The Morgan fingerprint density at radius 1 is 1.07 bits per heavy atom. The van der Waals surface area contributed by atoms with Crippen molar-refractivity contribution in [3.8, 4) is 0 Å². The third-order valence-electron chi connectivity index (χ3n) is 3.48. The third-order valence-corrected chi connectivity index (χ3v) is 3.48. The number of nitrogens with zero attached hydrogens (tertiary/aromatic N) is 1. The first-order chi connectivity index (χ1) is 13.2. The quantitative estimate of drug-likeness (QED) is 0.190. The molecule has 28 heavy (non-hydrogen) atoms. The Hall–Kier alpha value is -3.48. The normalized spacial score (nSPS) is 12.5. The van der Waals surface area contributed by atoms with Crippen molar-refractivity contribution in [1.29, 1.82) is 0 Å². The molecule has 2 unspecified atom stereocenters. The molecular formula is C15H22N6O7. The van der Waals surface area contributed by atoms with E-state index >= 15 is 0 Å². The van der Waals surface area contributed by atoms with Crippen molar-refractivity contribution < 1.29 is 34.2 Å². The number of amides is 3. The number of carbonyl (C=O) groups is 5. The highest BCUT2D eigenvalue weighted by molar-refractivity contribution is 5.92. The van der Waals surface area contributed by atoms with Crippen LogP contribution >= 0.6 is 0 Å². The highest BCUT2D eigenvalue weighted by Crippen LogP contribution is 2.01. The number of aromatic nitrogens is 2. The van der Waals surface area contributed by atoms with Gasteiger partial charge in [-0.15, -0.1) is 0 Å². The minimum Gasteiger partial charge on any atom is -0.481 e. The molecular weight excluding hydrogens is 376 g/mol. The molecule has 0 aliphatic rings. The molecule has 13 heteroatoms. The first kappa shape index (κ1) is 22.6. The van der Waals surface area contributed by atoms with E-state index in [1.165, 1.54) is 12.5 Å². The monoisotopic (exact) mass is 398 g/mol. The van der Waals surface area contributed by atoms with Crippen molar-refractivity contribution in [1.82, 2.24) is 25.9 Å². The van der Waals surface area contributed by atoms with Gasteiger partial charge in [0.2, 0.25) is 17.7 Å². The highest BCUT2D eigenvalue weighted by atomic mass is 16.4. The molecule has 0 aliphatic carbocycles. The summed E-state index contributed by atoms with van der Waals surface area (Å²) in [6, 6.07) is -2.25. The molecule has 1 aromatic heterocycles. The predicted octanol–water partition coefficient (Wildman–Crippen LogP) is -3.05. The van der Waals surface area contributed by atoms with E-state index in [4.69, 9.17) is 15.9 Å². The van der Waals surface area contributed by atoms with Gasteiger partial charge in [0.15, 0.2) is 0 Å². The van der Waals surface area contributed by atoms with E-state index in [2.05, 4.69) is 25.9 Å². The summed E-state index contributed by atoms with van der Waals surface area (Å²) in [5, 5.41) is 23.9. The van der Waals surface area contributed by atoms with E-state index in [0.717, 1.165) is 0 Å². The van der Waals surface area contributed by atoms with Gasteiger partial charge in [0, 0.05) is 24.7 Å². The summed E-state index contributed by atoms with van der Waals surface area (Å²) in [4.78, 5) is 63.5. The number of rotatable bonds is 12. The molecule has 0 radical (unpaired) electrons. The van der Waals surface area contributed by atoms with Gasteiger partial charge in [0.25, 0.3) is 0 Å². The van der Waals surface area contributed by atoms with Crippen molar-refractivity contribution in [3.63, 3.8) is 0 Å². The van der Waals surface area contributed by atoms with Crippen LogP contribution < -0.4 is 21.7 Å². The van der Waals surface area contributed by atoms with Crippen LogP contribution in [0.15, 0.2) is 12.5 Å². The van der Waals surface area contributed by atoms with E-state index < -0.39 is 54.8 Å². The molecule has 8 N–H and O–H groups in total. The van der Waals surface area contributed by atoms with Gasteiger partial charge in [0.05, 0.1) is 18.9 Å². The van der Waals surface area contributed by atoms with Crippen molar-refractivity contribution in [2.24, 2.45) is 5.73 Å². The van der Waals surface area contributed by atoms with Gasteiger partial charge >= 0.3 is 11.9 Å². The number of hydrogen-bond acceptors (Lipinski definition) is 7. The second-order valence-electron chi connectivity index (χ2n) is 5.77. The second kappa shape index (κ2) is 11.3. The van der Waals surface area contributed by atoms with Crippen LogP contribution in [0.1, 0.15) is 18.5 Å². The molecule has 1 rings (SSSR count). The molecule has 13 nitrogen and oxygen atoms in total. The number of carboxylic acids is 2. The molecule has 0 spiro atoms. The van der Waals surface area contributed by atoms with E-state index in [0.29, 0.717) is 5.69 Å². The first-order valence-corrected chi connectivity index (χ1v) is 8.20. The molecule has 0 fully saturated rings. The van der Waals surface area contributed by atoms with Gasteiger partial charge < -0.3 is 36.9 Å². The Labute approximate surface area is 159 Å². The number of nitrogens with one attached hydrogen (secondary N) is 4. The van der Waals surface area contributed by atoms with Crippen LogP contribution in [0.5, 0.6) is 0 Å². The molecule has 1 heterocycles. The topological polar surface area (TPSA) is 217 Å². The second-order valence-corrected chi connectivity index (χ2v) is 5.77. The third kappa shape index (κ3) is 8.75. The Morgan fingerprint density at radius 2 is 1.79 bits per heavy atom. The number of hydrogen-bond donors (Lipinski definition) is 7. The molecule has 154 valence electrons. The lowest BCUT2D eigenvalue weighted by atomic mass is 10.1. The van der Waals surface area contributed by atoms with E-state index in [9.17, 15) is 24.0 Å². The molecule has 2 atom stereocenters. The SMILES string of the molecule is NC(CCC(=O)O)C(=O)NC(Cc1cnc[nH]1)C(=O)NCC(=O)NCC(=O)O. The summed E-state index contributed by atoms with van der Waals surface area (Å²) in [6.45, 7) is -1.09. The zero-order valence-electron chi connectivity index (χ0n) is 14.8. The molecule has 0 aromatic carbocycles. The van der Waals surface area contributed by atoms with Crippen LogP contribution in [0, 0.1) is 0 Å². The Balaban J connectivity index is 2.66. The van der Waals surface area contributed by atoms with Crippen LogP contribution in [0.4, 0.5) is 0 Å². The largest absolute Gasteiger partial charge is 0.481 e. The number of H-pyrrole nitrogens is 1. The van der Waals surface area contributed by atoms with Crippen LogP contribution in [0.3, 0.4) is 0 Å². The lowest BCUT2D eigenvalue weighted by Crippen LogP contribution is -2.53. The summed E-state index contributed by atoms with van der Waals surface area (Å²) in [7, 11) is 0. The molecule has 3 amide bonds. The lowest BCUT2D eigenvalue weighted by molar-refractivity contribution is -0.138. The Bertz CT molecular complexity index is 706. The van der Waals surface area contributed by atoms with Crippen LogP contribution in [0.25, 0.3) is 0 Å². The summed E-state index contributed by atoms with van der Waals surface area (Å²) in [5.41, 5.74) is 6.15. The fourth-order valence-corrected chi connectivity index (χ4v) is 2.04. The number of aliphatic carboxylic acids is 2. The van der Waals surface area contributed by atoms with Crippen LogP contribution in [-0.4, -0.2) is 75.0 Å². The Kier molecular flexibility index (Phi) is 9.09. The van der Waals surface area contributed by atoms with E-state index in [1.807, 2.05) is 0 Å². The van der Waals surface area contributed by atoms with Gasteiger partial charge in [-0.1, -0.05) is 0 Å². The number of carboxylic acid groups (broad SMARTS) is 2. The summed E-state index contributed by atoms with van der Waals surface area (Å²) < 4.78 is 0. The number of nitrogens with two attached hydrogens (primary N) is 1. The van der Waals surface area contributed by atoms with Crippen LogP contribution in [-0.2, 0) is 30.4 Å². The fourth-order valence-electron chi connectivity index (χ4n) is 2.04. The smallest absolute Gasteiger partial charge is 0.322 e. The predicted molar refractivity (Wildman–Crippen MR) is 92.7 cm³/mol. The lowest BCUT2D eigenvalue weighted by Gasteiger charge is -2.20. The molecule has 0 saturated heterocycles. The summed E-state index contributed by atoms with van der Waals surface area (Å²) in [5.74, 6) is -4.50. The van der Waals surface area contributed by atoms with E-state index in [1.54, 1.807) is 0 Å². The maximum Gasteiger partial charge on any atom is 0.322 e. The zero-order chi connectivity index (χ0) is 21.1. The maximum absolute atomic E-state index is 12.3. The molecule has 1 aromatic rings. The van der Waals surface area contributed by atoms with Crippen LogP contribution in [0.2, 0.25) is 0 Å². The van der Waals surface area contributed by atoms with Gasteiger partial charge in [-0.25, -0.2) is 4.98 Å². The highest BCUT2D eigenvalue weighted by Gasteiger charge is 2.25. The maximum atomic E-state index is 12.3. The Morgan fingerprint density at radius 3 is 2.36 bits per heavy atom.